The number of rotatable bonds is 7. The molecule has 1 N–H and O–H groups in total. The van der Waals surface area contributed by atoms with Gasteiger partial charge >= 0.3 is 0 Å². The number of methoxy groups -OCH3 is 1. The first-order valence-electron chi connectivity index (χ1n) is 6.58. The summed E-state index contributed by atoms with van der Waals surface area (Å²) in [6.07, 6.45) is 9.03. The Kier molecular flexibility index (Phi) is 4.42. The molecule has 0 saturated heterocycles. The number of imidazole rings is 1. The van der Waals surface area contributed by atoms with Gasteiger partial charge in [-0.2, -0.15) is 0 Å². The maximum atomic E-state index is 5.07. The van der Waals surface area contributed by atoms with Crippen molar-refractivity contribution in [2.45, 2.75) is 45.2 Å². The van der Waals surface area contributed by atoms with Gasteiger partial charge in [-0.05, 0) is 32.1 Å². The third-order valence-electron chi connectivity index (χ3n) is 3.68. The highest BCUT2D eigenvalue weighted by Gasteiger charge is 2.24. The summed E-state index contributed by atoms with van der Waals surface area (Å²) in [4.78, 5) is 4.39. The number of aromatic nitrogens is 2. The van der Waals surface area contributed by atoms with Crippen LogP contribution in [0.15, 0.2) is 12.4 Å². The van der Waals surface area contributed by atoms with E-state index in [1.807, 2.05) is 12.4 Å². The van der Waals surface area contributed by atoms with Gasteiger partial charge in [0.1, 0.15) is 0 Å². The number of anilines is 1. The average molecular weight is 237 g/mol. The van der Waals surface area contributed by atoms with Crippen LogP contribution < -0.4 is 5.32 Å². The average Bonchev–Trinajstić information content (AvgIpc) is 2.63. The Labute approximate surface area is 103 Å². The quantitative estimate of drug-likeness (QED) is 0.741. The smallest absolute Gasteiger partial charge is 0.202 e. The van der Waals surface area contributed by atoms with Crippen LogP contribution in [0.2, 0.25) is 0 Å². The summed E-state index contributed by atoms with van der Waals surface area (Å²) >= 11 is 0. The molecule has 0 radical (unpaired) electrons. The molecule has 0 aliphatic heterocycles. The monoisotopic (exact) mass is 237 g/mol. The maximum absolute atomic E-state index is 5.07. The first-order chi connectivity index (χ1) is 8.31. The van der Waals surface area contributed by atoms with Gasteiger partial charge in [0.25, 0.3) is 0 Å². The molecule has 0 bridgehead atoms. The molecule has 0 aromatic carbocycles. The van der Waals surface area contributed by atoms with Crippen molar-refractivity contribution in [1.82, 2.24) is 9.55 Å². The molecule has 96 valence electrons. The Morgan fingerprint density at radius 2 is 2.41 bits per heavy atom. The normalized spacial score (nSPS) is 17.8. The van der Waals surface area contributed by atoms with Gasteiger partial charge in [-0.3, -0.25) is 0 Å². The third kappa shape index (κ3) is 3.22. The van der Waals surface area contributed by atoms with Crippen LogP contribution in [0.4, 0.5) is 5.95 Å². The number of hydrogen-bond donors (Lipinski definition) is 1. The SMILES string of the molecule is COCCCn1ccnc1NC(C)C1CCC1. The maximum Gasteiger partial charge on any atom is 0.202 e. The van der Waals surface area contributed by atoms with Crippen molar-refractivity contribution in [3.8, 4) is 0 Å². The molecule has 1 heterocycles. The summed E-state index contributed by atoms with van der Waals surface area (Å²) in [5.41, 5.74) is 0. The van der Waals surface area contributed by atoms with Gasteiger partial charge in [-0.1, -0.05) is 6.42 Å². The Bertz CT molecular complexity index is 333. The van der Waals surface area contributed by atoms with E-state index in [2.05, 4.69) is 21.8 Å². The molecule has 17 heavy (non-hydrogen) atoms. The van der Waals surface area contributed by atoms with E-state index in [9.17, 15) is 0 Å². The molecule has 1 aromatic rings. The van der Waals surface area contributed by atoms with Crippen LogP contribution in [0.25, 0.3) is 0 Å². The number of nitrogens with zero attached hydrogens (tertiary/aromatic N) is 2. The van der Waals surface area contributed by atoms with E-state index < -0.39 is 0 Å². The van der Waals surface area contributed by atoms with E-state index in [4.69, 9.17) is 4.74 Å². The zero-order valence-corrected chi connectivity index (χ0v) is 10.9. The van der Waals surface area contributed by atoms with Crippen molar-refractivity contribution in [2.24, 2.45) is 5.92 Å². The lowest BCUT2D eigenvalue weighted by molar-refractivity contribution is 0.190. The largest absolute Gasteiger partial charge is 0.385 e. The van der Waals surface area contributed by atoms with Crippen molar-refractivity contribution in [3.63, 3.8) is 0 Å². The van der Waals surface area contributed by atoms with E-state index in [0.29, 0.717) is 6.04 Å². The molecule has 4 heteroatoms. The minimum absolute atomic E-state index is 0.535. The molecular formula is C13H23N3O. The van der Waals surface area contributed by atoms with Crippen LogP contribution in [0.3, 0.4) is 0 Å². The molecule has 1 aliphatic carbocycles. The summed E-state index contributed by atoms with van der Waals surface area (Å²) in [7, 11) is 1.74. The molecular weight excluding hydrogens is 214 g/mol. The predicted octanol–water partition coefficient (Wildman–Crippen LogP) is 2.52. The minimum Gasteiger partial charge on any atom is -0.385 e. The standard InChI is InChI=1S/C13H23N3O/c1-11(12-5-3-6-12)15-13-14-7-9-16(13)8-4-10-17-2/h7,9,11-12H,3-6,8,10H2,1-2H3,(H,14,15). The molecule has 1 fully saturated rings. The van der Waals surface area contributed by atoms with Crippen LogP contribution in [0.5, 0.6) is 0 Å². The van der Waals surface area contributed by atoms with Gasteiger partial charge in [0.15, 0.2) is 0 Å². The number of ether oxygens (including phenoxy) is 1. The van der Waals surface area contributed by atoms with Gasteiger partial charge < -0.3 is 14.6 Å². The second kappa shape index (κ2) is 6.05. The molecule has 4 nitrogen and oxygen atoms in total. The fourth-order valence-corrected chi connectivity index (χ4v) is 2.27. The van der Waals surface area contributed by atoms with Gasteiger partial charge in [-0.25, -0.2) is 4.98 Å². The Hall–Kier alpha value is -1.03. The summed E-state index contributed by atoms with van der Waals surface area (Å²) < 4.78 is 7.25. The fourth-order valence-electron chi connectivity index (χ4n) is 2.27. The summed E-state index contributed by atoms with van der Waals surface area (Å²) in [5, 5.41) is 3.53. The molecule has 1 unspecified atom stereocenters. The molecule has 1 atom stereocenters. The Morgan fingerprint density at radius 3 is 3.06 bits per heavy atom. The van der Waals surface area contributed by atoms with Crippen molar-refractivity contribution >= 4 is 5.95 Å². The highest BCUT2D eigenvalue weighted by Crippen LogP contribution is 2.30. The lowest BCUT2D eigenvalue weighted by Crippen LogP contribution is -2.31. The van der Waals surface area contributed by atoms with Gasteiger partial charge in [0, 0.05) is 38.7 Å². The first-order valence-corrected chi connectivity index (χ1v) is 6.58. The van der Waals surface area contributed by atoms with Crippen molar-refractivity contribution in [3.05, 3.63) is 12.4 Å². The minimum atomic E-state index is 0.535. The third-order valence-corrected chi connectivity index (χ3v) is 3.68. The van der Waals surface area contributed by atoms with Gasteiger partial charge in [-0.15, -0.1) is 0 Å². The Morgan fingerprint density at radius 1 is 1.59 bits per heavy atom. The highest BCUT2D eigenvalue weighted by atomic mass is 16.5. The fraction of sp³-hybridized carbons (Fsp3) is 0.769. The molecule has 1 aliphatic rings. The molecule has 2 rings (SSSR count). The lowest BCUT2D eigenvalue weighted by atomic mass is 9.80. The topological polar surface area (TPSA) is 39.1 Å². The highest BCUT2D eigenvalue weighted by molar-refractivity contribution is 5.27. The van der Waals surface area contributed by atoms with Gasteiger partial charge in [0.2, 0.25) is 5.95 Å². The van der Waals surface area contributed by atoms with E-state index in [0.717, 1.165) is 31.4 Å². The first kappa shape index (κ1) is 12.4. The van der Waals surface area contributed by atoms with E-state index in [1.165, 1.54) is 19.3 Å². The molecule has 1 saturated carbocycles. The zero-order valence-electron chi connectivity index (χ0n) is 10.9. The van der Waals surface area contributed by atoms with Crippen molar-refractivity contribution in [1.29, 1.82) is 0 Å². The van der Waals surface area contributed by atoms with E-state index in [-0.39, 0.29) is 0 Å². The zero-order chi connectivity index (χ0) is 12.1. The number of nitrogens with one attached hydrogen (secondary N) is 1. The van der Waals surface area contributed by atoms with Crippen LogP contribution in [0.1, 0.15) is 32.6 Å². The van der Waals surface area contributed by atoms with Crippen LogP contribution in [-0.2, 0) is 11.3 Å². The van der Waals surface area contributed by atoms with Crippen molar-refractivity contribution < 1.29 is 4.74 Å². The van der Waals surface area contributed by atoms with E-state index >= 15 is 0 Å². The molecule has 0 spiro atoms. The van der Waals surface area contributed by atoms with E-state index in [1.54, 1.807) is 7.11 Å². The lowest BCUT2D eigenvalue weighted by Gasteiger charge is -2.32. The predicted molar refractivity (Wildman–Crippen MR) is 69.1 cm³/mol. The van der Waals surface area contributed by atoms with Crippen molar-refractivity contribution in [2.75, 3.05) is 19.0 Å². The van der Waals surface area contributed by atoms with Crippen LogP contribution in [-0.4, -0.2) is 29.3 Å². The summed E-state index contributed by atoms with van der Waals surface area (Å²) in [6.45, 7) is 4.03. The summed E-state index contributed by atoms with van der Waals surface area (Å²) in [5.74, 6) is 1.83. The molecule has 1 aromatic heterocycles. The number of aryl methyl sites for hydroxylation is 1. The van der Waals surface area contributed by atoms with Gasteiger partial charge in [0.05, 0.1) is 0 Å². The summed E-state index contributed by atoms with van der Waals surface area (Å²) in [6, 6.07) is 0.535. The molecule has 0 amide bonds. The second-order valence-electron chi connectivity index (χ2n) is 4.91. The second-order valence-corrected chi connectivity index (χ2v) is 4.91. The Balaban J connectivity index is 1.84. The number of hydrogen-bond acceptors (Lipinski definition) is 3. The van der Waals surface area contributed by atoms with Crippen LogP contribution in [0, 0.1) is 5.92 Å². The van der Waals surface area contributed by atoms with Crippen LogP contribution >= 0.6 is 0 Å².